The molecule has 0 aliphatic carbocycles. The van der Waals surface area contributed by atoms with Gasteiger partial charge < -0.3 is 4.90 Å². The molecule has 0 aliphatic heterocycles. The molecule has 2 rings (SSSR count). The Hall–Kier alpha value is -1.97. The van der Waals surface area contributed by atoms with E-state index in [2.05, 4.69) is 0 Å². The lowest BCUT2D eigenvalue weighted by molar-refractivity contribution is -0.137. The number of hydrogen-bond acceptors (Lipinski definition) is 3. The molecule has 0 unspecified atom stereocenters. The largest absolute Gasteiger partial charge is 0.416 e. The van der Waals surface area contributed by atoms with Gasteiger partial charge in [-0.3, -0.25) is 0 Å². The fourth-order valence-corrected chi connectivity index (χ4v) is 3.84. The summed E-state index contributed by atoms with van der Waals surface area (Å²) < 4.78 is 78.9. The first-order valence-electron chi connectivity index (χ1n) is 8.07. The molecule has 2 aromatic carbocycles. The van der Waals surface area contributed by atoms with Gasteiger partial charge in [-0.05, 0) is 50.0 Å². The Balaban J connectivity index is 2.38. The third-order valence-corrected chi connectivity index (χ3v) is 5.71. The monoisotopic (exact) mass is 404 g/mol. The molecule has 0 bridgehead atoms. The van der Waals surface area contributed by atoms with Crippen molar-refractivity contribution in [3.8, 4) is 0 Å². The van der Waals surface area contributed by atoms with Crippen LogP contribution in [0.15, 0.2) is 53.4 Å². The molecule has 0 N–H and O–H groups in total. The van der Waals surface area contributed by atoms with Crippen LogP contribution in [0.25, 0.3) is 0 Å². The summed E-state index contributed by atoms with van der Waals surface area (Å²) in [4.78, 5) is 1.33. The normalized spacial score (nSPS) is 12.7. The van der Waals surface area contributed by atoms with Gasteiger partial charge in [0.15, 0.2) is 0 Å². The van der Waals surface area contributed by atoms with Crippen molar-refractivity contribution < 1.29 is 26.0 Å². The van der Waals surface area contributed by atoms with Gasteiger partial charge in [0.2, 0.25) is 10.0 Å². The van der Waals surface area contributed by atoms with Gasteiger partial charge in [0.05, 0.1) is 10.5 Å². The molecular formula is C18H20F4N2O2S. The molecule has 27 heavy (non-hydrogen) atoms. The highest BCUT2D eigenvalue weighted by molar-refractivity contribution is 7.89. The van der Waals surface area contributed by atoms with Crippen molar-refractivity contribution in [1.29, 1.82) is 0 Å². The predicted octanol–water partition coefficient (Wildman–Crippen LogP) is 3.60. The van der Waals surface area contributed by atoms with Crippen molar-refractivity contribution in [2.24, 2.45) is 0 Å². The third-order valence-electron chi connectivity index (χ3n) is 3.87. The zero-order chi connectivity index (χ0) is 20.2. The van der Waals surface area contributed by atoms with E-state index < -0.39 is 32.5 Å². The van der Waals surface area contributed by atoms with Gasteiger partial charge in [0.25, 0.3) is 0 Å². The molecular weight excluding hydrogens is 384 g/mol. The lowest BCUT2D eigenvalue weighted by Gasteiger charge is -2.24. The molecule has 0 saturated heterocycles. The van der Waals surface area contributed by atoms with Gasteiger partial charge in [-0.1, -0.05) is 18.2 Å². The van der Waals surface area contributed by atoms with Crippen LogP contribution in [0.4, 0.5) is 17.6 Å². The molecule has 0 aromatic heterocycles. The van der Waals surface area contributed by atoms with Crippen molar-refractivity contribution >= 4 is 10.0 Å². The topological polar surface area (TPSA) is 40.6 Å². The maximum Gasteiger partial charge on any atom is 0.416 e. The number of rotatable bonds is 7. The van der Waals surface area contributed by atoms with Crippen molar-refractivity contribution in [3.63, 3.8) is 0 Å². The number of benzene rings is 2. The summed E-state index contributed by atoms with van der Waals surface area (Å²) in [5, 5.41) is 0. The Morgan fingerprint density at radius 2 is 1.59 bits per heavy atom. The Kier molecular flexibility index (Phi) is 6.61. The van der Waals surface area contributed by atoms with Crippen molar-refractivity contribution in [3.05, 3.63) is 65.5 Å². The molecule has 0 spiro atoms. The zero-order valence-electron chi connectivity index (χ0n) is 14.9. The van der Waals surface area contributed by atoms with E-state index in [9.17, 15) is 26.0 Å². The molecule has 0 amide bonds. The number of likely N-dealkylation sites (N-methyl/N-ethyl adjacent to an activating group) is 1. The number of nitrogens with zero attached hydrogens (tertiary/aromatic N) is 2. The van der Waals surface area contributed by atoms with Crippen LogP contribution in [-0.2, 0) is 22.7 Å². The smallest absolute Gasteiger partial charge is 0.308 e. The molecule has 0 fully saturated rings. The molecule has 0 radical (unpaired) electrons. The molecule has 4 nitrogen and oxygen atoms in total. The van der Waals surface area contributed by atoms with Gasteiger partial charge in [-0.25, -0.2) is 12.8 Å². The van der Waals surface area contributed by atoms with Crippen LogP contribution < -0.4 is 0 Å². The van der Waals surface area contributed by atoms with Gasteiger partial charge in [-0.15, -0.1) is 0 Å². The van der Waals surface area contributed by atoms with E-state index >= 15 is 0 Å². The molecule has 0 saturated carbocycles. The van der Waals surface area contributed by atoms with Crippen LogP contribution in [-0.4, -0.2) is 44.8 Å². The number of sulfonamides is 1. The van der Waals surface area contributed by atoms with Crippen LogP contribution in [0.5, 0.6) is 0 Å². The second-order valence-corrected chi connectivity index (χ2v) is 8.23. The fourth-order valence-electron chi connectivity index (χ4n) is 2.37. The van der Waals surface area contributed by atoms with Crippen LogP contribution in [0.1, 0.15) is 11.1 Å². The Morgan fingerprint density at radius 3 is 2.15 bits per heavy atom. The van der Waals surface area contributed by atoms with Gasteiger partial charge in [0.1, 0.15) is 5.82 Å². The summed E-state index contributed by atoms with van der Waals surface area (Å²) in [5.41, 5.74) is -0.497. The Bertz CT molecular complexity index is 866. The SMILES string of the molecule is CN(C)CCN(Cc1ccc(F)cc1)S(=O)(=O)c1cccc(C(F)(F)F)c1. The van der Waals surface area contributed by atoms with Crippen molar-refractivity contribution in [2.75, 3.05) is 27.2 Å². The maximum absolute atomic E-state index is 13.1. The molecule has 2 aromatic rings. The van der Waals surface area contributed by atoms with E-state index in [0.29, 0.717) is 18.2 Å². The third kappa shape index (κ3) is 5.75. The minimum atomic E-state index is -4.64. The zero-order valence-corrected chi connectivity index (χ0v) is 15.7. The van der Waals surface area contributed by atoms with Crippen LogP contribution in [0, 0.1) is 5.82 Å². The molecule has 148 valence electrons. The van der Waals surface area contributed by atoms with E-state index in [-0.39, 0.29) is 13.1 Å². The van der Waals surface area contributed by atoms with Gasteiger partial charge in [0, 0.05) is 19.6 Å². The van der Waals surface area contributed by atoms with E-state index in [1.54, 1.807) is 19.0 Å². The number of alkyl halides is 3. The minimum Gasteiger partial charge on any atom is -0.308 e. The van der Waals surface area contributed by atoms with Crippen molar-refractivity contribution in [2.45, 2.75) is 17.6 Å². The van der Waals surface area contributed by atoms with Crippen LogP contribution in [0.3, 0.4) is 0 Å². The average molecular weight is 404 g/mol. The predicted molar refractivity (Wildman–Crippen MR) is 94.0 cm³/mol. The summed E-state index contributed by atoms with van der Waals surface area (Å²) in [6.45, 7) is 0.370. The average Bonchev–Trinajstić information content (AvgIpc) is 2.59. The maximum atomic E-state index is 13.1. The van der Waals surface area contributed by atoms with Crippen LogP contribution >= 0.6 is 0 Å². The first-order chi connectivity index (χ1) is 12.5. The summed E-state index contributed by atoms with van der Waals surface area (Å²) >= 11 is 0. The fraction of sp³-hybridized carbons (Fsp3) is 0.333. The highest BCUT2D eigenvalue weighted by Gasteiger charge is 2.33. The summed E-state index contributed by atoms with van der Waals surface area (Å²) in [6, 6.07) is 8.95. The van der Waals surface area contributed by atoms with E-state index in [1.165, 1.54) is 24.3 Å². The van der Waals surface area contributed by atoms with Crippen LogP contribution in [0.2, 0.25) is 0 Å². The van der Waals surface area contributed by atoms with E-state index in [4.69, 9.17) is 0 Å². The minimum absolute atomic E-state index is 0.0724. The molecule has 9 heteroatoms. The second-order valence-electron chi connectivity index (χ2n) is 6.29. The highest BCUT2D eigenvalue weighted by Crippen LogP contribution is 2.31. The van der Waals surface area contributed by atoms with E-state index in [1.807, 2.05) is 0 Å². The number of hydrogen-bond donors (Lipinski definition) is 0. The first-order valence-corrected chi connectivity index (χ1v) is 9.51. The van der Waals surface area contributed by atoms with Gasteiger partial charge >= 0.3 is 6.18 Å². The van der Waals surface area contributed by atoms with Gasteiger partial charge in [-0.2, -0.15) is 17.5 Å². The molecule has 0 heterocycles. The second kappa shape index (κ2) is 8.37. The first kappa shape index (κ1) is 21.3. The highest BCUT2D eigenvalue weighted by atomic mass is 32.2. The molecule has 0 atom stereocenters. The standard InChI is InChI=1S/C18H20F4N2O2S/c1-23(2)10-11-24(13-14-6-8-16(19)9-7-14)27(25,26)17-5-3-4-15(12-17)18(20,21)22/h3-9,12H,10-11,13H2,1-2H3. The molecule has 0 aliphatic rings. The Morgan fingerprint density at radius 1 is 0.963 bits per heavy atom. The lowest BCUT2D eigenvalue weighted by Crippen LogP contribution is -2.36. The lowest BCUT2D eigenvalue weighted by atomic mass is 10.2. The summed E-state index contributed by atoms with van der Waals surface area (Å²) in [5.74, 6) is -0.459. The van der Waals surface area contributed by atoms with Crippen molar-refractivity contribution in [1.82, 2.24) is 9.21 Å². The number of halogens is 4. The summed E-state index contributed by atoms with van der Waals surface area (Å²) in [6.07, 6.45) is -4.64. The van der Waals surface area contributed by atoms with E-state index in [0.717, 1.165) is 22.5 Å². The Labute approximate surface area is 156 Å². The summed E-state index contributed by atoms with van der Waals surface area (Å²) in [7, 11) is -0.661. The quantitative estimate of drug-likeness (QED) is 0.662.